The highest BCUT2D eigenvalue weighted by atomic mass is 35.5. The second-order valence-corrected chi connectivity index (χ2v) is 8.71. The molecule has 0 bridgehead atoms. The van der Waals surface area contributed by atoms with E-state index < -0.39 is 6.04 Å². The molecule has 32 heavy (non-hydrogen) atoms. The summed E-state index contributed by atoms with van der Waals surface area (Å²) in [5.74, 6) is 0.832. The first-order valence-corrected chi connectivity index (χ1v) is 11.1. The highest BCUT2D eigenvalue weighted by molar-refractivity contribution is 6.42. The lowest BCUT2D eigenvalue weighted by Crippen LogP contribution is -2.34. The minimum Gasteiger partial charge on any atom is -0.332 e. The molecule has 1 aliphatic rings. The molecule has 0 aliphatic carbocycles. The fourth-order valence-corrected chi connectivity index (χ4v) is 5.01. The maximum atomic E-state index is 13.9. The number of imidazole rings is 1. The van der Waals surface area contributed by atoms with Gasteiger partial charge in [-0.3, -0.25) is 4.79 Å². The van der Waals surface area contributed by atoms with Crippen molar-refractivity contribution in [1.29, 1.82) is 0 Å². The van der Waals surface area contributed by atoms with Crippen molar-refractivity contribution in [3.8, 4) is 11.5 Å². The lowest BCUT2D eigenvalue weighted by molar-refractivity contribution is 0.0895. The highest BCUT2D eigenvalue weighted by Crippen LogP contribution is 2.45. The molecule has 156 valence electrons. The number of fused-ring (bicyclic) bond motifs is 5. The Kier molecular flexibility index (Phi) is 4.46. The molecule has 0 radical (unpaired) electrons. The van der Waals surface area contributed by atoms with Crippen molar-refractivity contribution in [2.24, 2.45) is 0 Å². The van der Waals surface area contributed by atoms with E-state index in [9.17, 15) is 4.79 Å². The van der Waals surface area contributed by atoms with Crippen LogP contribution in [-0.4, -0.2) is 19.9 Å². The molecule has 6 rings (SSSR count). The topological polar surface area (TPSA) is 39.8 Å². The van der Waals surface area contributed by atoms with E-state index >= 15 is 0 Å². The molecule has 0 N–H and O–H groups in total. The van der Waals surface area contributed by atoms with Gasteiger partial charge in [-0.05, 0) is 29.8 Å². The van der Waals surface area contributed by atoms with E-state index in [1.165, 1.54) is 0 Å². The van der Waals surface area contributed by atoms with Gasteiger partial charge in [0.15, 0.2) is 11.6 Å². The molecular weight excluding hydrogens is 441 g/mol. The summed E-state index contributed by atoms with van der Waals surface area (Å²) in [5.41, 5.74) is 4.17. The molecule has 0 spiro atoms. The zero-order valence-corrected chi connectivity index (χ0v) is 18.3. The Hall–Kier alpha value is -3.34. The third-order valence-corrected chi connectivity index (χ3v) is 6.81. The van der Waals surface area contributed by atoms with Gasteiger partial charge in [0, 0.05) is 11.8 Å². The SMILES string of the molecule is O=C(c1ccccc1)[C@@H]1[C@@H](c2ccccc2)n2c(nc3cc(Cl)c(Cl)cc32)-c2cccn21. The third-order valence-electron chi connectivity index (χ3n) is 6.08. The zero-order valence-electron chi connectivity index (χ0n) is 16.8. The van der Waals surface area contributed by atoms with Gasteiger partial charge >= 0.3 is 0 Å². The Bertz CT molecular complexity index is 1470. The Morgan fingerprint density at radius 2 is 1.53 bits per heavy atom. The van der Waals surface area contributed by atoms with Crippen molar-refractivity contribution in [2.75, 3.05) is 0 Å². The lowest BCUT2D eigenvalue weighted by Gasteiger charge is -2.35. The molecule has 0 saturated carbocycles. The molecule has 0 saturated heterocycles. The van der Waals surface area contributed by atoms with E-state index in [1.54, 1.807) is 6.07 Å². The van der Waals surface area contributed by atoms with Crippen LogP contribution in [0.3, 0.4) is 0 Å². The first-order valence-electron chi connectivity index (χ1n) is 10.3. The Morgan fingerprint density at radius 3 is 2.28 bits per heavy atom. The number of carbonyl (C=O) groups excluding carboxylic acids is 1. The summed E-state index contributed by atoms with van der Waals surface area (Å²) in [4.78, 5) is 18.8. The summed E-state index contributed by atoms with van der Waals surface area (Å²) in [7, 11) is 0. The normalized spacial score (nSPS) is 17.2. The predicted molar refractivity (Wildman–Crippen MR) is 128 cm³/mol. The number of nitrogens with zero attached hydrogens (tertiary/aromatic N) is 3. The van der Waals surface area contributed by atoms with Crippen LogP contribution in [0.15, 0.2) is 91.1 Å². The number of benzene rings is 3. The second-order valence-electron chi connectivity index (χ2n) is 7.89. The Balaban J connectivity index is 1.68. The number of rotatable bonds is 3. The molecule has 6 heteroatoms. The lowest BCUT2D eigenvalue weighted by atomic mass is 9.90. The number of halogens is 2. The van der Waals surface area contributed by atoms with Gasteiger partial charge in [-0.2, -0.15) is 0 Å². The summed E-state index contributed by atoms with van der Waals surface area (Å²) in [5, 5.41) is 0.915. The fourth-order valence-electron chi connectivity index (χ4n) is 4.70. The Morgan fingerprint density at radius 1 is 0.844 bits per heavy atom. The number of carbonyl (C=O) groups is 1. The number of aromatic nitrogens is 3. The van der Waals surface area contributed by atoms with Gasteiger partial charge in [0.05, 0.1) is 32.8 Å². The summed E-state index contributed by atoms with van der Waals surface area (Å²) in [6.07, 6.45) is 1.96. The number of hydrogen-bond donors (Lipinski definition) is 0. The van der Waals surface area contributed by atoms with Crippen LogP contribution in [0.4, 0.5) is 0 Å². The van der Waals surface area contributed by atoms with Crippen LogP contribution < -0.4 is 0 Å². The van der Waals surface area contributed by atoms with Gasteiger partial charge in [0.25, 0.3) is 0 Å². The van der Waals surface area contributed by atoms with Gasteiger partial charge in [0.2, 0.25) is 0 Å². The van der Waals surface area contributed by atoms with E-state index in [4.69, 9.17) is 28.2 Å². The van der Waals surface area contributed by atoms with Gasteiger partial charge in [0.1, 0.15) is 6.04 Å². The molecule has 1 aliphatic heterocycles. The molecular formula is C26H17Cl2N3O. The third kappa shape index (κ3) is 2.84. The van der Waals surface area contributed by atoms with Crippen molar-refractivity contribution in [1.82, 2.24) is 14.1 Å². The molecule has 3 aromatic carbocycles. The number of ketones is 1. The Labute approximate surface area is 194 Å². The summed E-state index contributed by atoms with van der Waals surface area (Å²) < 4.78 is 4.17. The molecule has 0 unspecified atom stereocenters. The van der Waals surface area contributed by atoms with E-state index in [0.29, 0.717) is 15.6 Å². The second kappa shape index (κ2) is 7.37. The van der Waals surface area contributed by atoms with Crippen molar-refractivity contribution >= 4 is 40.0 Å². The van der Waals surface area contributed by atoms with Gasteiger partial charge in [-0.1, -0.05) is 83.9 Å². The van der Waals surface area contributed by atoms with Crippen LogP contribution >= 0.6 is 23.2 Å². The van der Waals surface area contributed by atoms with Crippen LogP contribution in [0.5, 0.6) is 0 Å². The molecule has 2 aromatic heterocycles. The number of hydrogen-bond acceptors (Lipinski definition) is 2. The van der Waals surface area contributed by atoms with Crippen LogP contribution in [0.2, 0.25) is 10.0 Å². The number of Topliss-reactive ketones (excluding diaryl/α,β-unsaturated/α-hetero) is 1. The largest absolute Gasteiger partial charge is 0.332 e. The minimum absolute atomic E-state index is 0.0458. The van der Waals surface area contributed by atoms with Crippen LogP contribution in [0.25, 0.3) is 22.6 Å². The van der Waals surface area contributed by atoms with Gasteiger partial charge in [-0.25, -0.2) is 4.98 Å². The van der Waals surface area contributed by atoms with Crippen molar-refractivity contribution < 1.29 is 4.79 Å². The summed E-state index contributed by atoms with van der Waals surface area (Å²) >= 11 is 12.7. The zero-order chi connectivity index (χ0) is 21.8. The summed E-state index contributed by atoms with van der Waals surface area (Å²) in [6, 6.07) is 26.3. The molecule has 0 amide bonds. The van der Waals surface area contributed by atoms with Crippen LogP contribution in [0.1, 0.15) is 28.0 Å². The van der Waals surface area contributed by atoms with Gasteiger partial charge < -0.3 is 9.13 Å². The first-order chi connectivity index (χ1) is 15.6. The van der Waals surface area contributed by atoms with E-state index in [1.807, 2.05) is 77.5 Å². The van der Waals surface area contributed by atoms with Crippen molar-refractivity contribution in [3.05, 3.63) is 112 Å². The molecule has 2 atom stereocenters. The highest BCUT2D eigenvalue weighted by Gasteiger charge is 2.40. The summed E-state index contributed by atoms with van der Waals surface area (Å²) in [6.45, 7) is 0. The molecule has 5 aromatic rings. The van der Waals surface area contributed by atoms with E-state index in [-0.39, 0.29) is 11.8 Å². The quantitative estimate of drug-likeness (QED) is 0.278. The first kappa shape index (κ1) is 19.4. The van der Waals surface area contributed by atoms with Gasteiger partial charge in [-0.15, -0.1) is 0 Å². The molecule has 4 nitrogen and oxygen atoms in total. The monoisotopic (exact) mass is 457 g/mol. The van der Waals surface area contributed by atoms with Crippen molar-refractivity contribution in [2.45, 2.75) is 12.1 Å². The van der Waals surface area contributed by atoms with E-state index in [2.05, 4.69) is 16.7 Å². The average Bonchev–Trinajstić information content (AvgIpc) is 3.44. The minimum atomic E-state index is -0.482. The van der Waals surface area contributed by atoms with Crippen LogP contribution in [0, 0.1) is 0 Å². The van der Waals surface area contributed by atoms with Crippen molar-refractivity contribution in [3.63, 3.8) is 0 Å². The maximum absolute atomic E-state index is 13.9. The fraction of sp³-hybridized carbons (Fsp3) is 0.0769. The predicted octanol–water partition coefficient (Wildman–Crippen LogP) is 6.84. The average molecular weight is 458 g/mol. The molecule has 3 heterocycles. The van der Waals surface area contributed by atoms with E-state index in [0.717, 1.165) is 28.1 Å². The van der Waals surface area contributed by atoms with Crippen LogP contribution in [-0.2, 0) is 0 Å². The standard InChI is InChI=1S/C26H17Cl2N3O/c27-18-14-20-22(15-19(18)28)31-23(16-8-3-1-4-9-16)24(25(32)17-10-5-2-6-11-17)30-13-7-12-21(30)26(31)29-20/h1-15,23-24H/t23-,24+/m1/s1. The smallest absolute Gasteiger partial charge is 0.188 e. The maximum Gasteiger partial charge on any atom is 0.188 e. The molecule has 0 fully saturated rings.